The summed E-state index contributed by atoms with van der Waals surface area (Å²) >= 11 is 3.48. The lowest BCUT2D eigenvalue weighted by Crippen LogP contribution is -2.01. The summed E-state index contributed by atoms with van der Waals surface area (Å²) in [5.74, 6) is 0. The van der Waals surface area contributed by atoms with Crippen LogP contribution in [0.25, 0.3) is 0 Å². The first-order valence-electron chi connectivity index (χ1n) is 9.22. The molecule has 0 aliphatic carbocycles. The van der Waals surface area contributed by atoms with Gasteiger partial charge in [0.2, 0.25) is 0 Å². The Balaban J connectivity index is 3.17. The number of hydrogen-bond acceptors (Lipinski definition) is 1. The quantitative estimate of drug-likeness (QED) is 0.182. The Morgan fingerprint density at radius 3 is 1.95 bits per heavy atom. The van der Waals surface area contributed by atoms with Gasteiger partial charge in [-0.3, -0.25) is 0 Å². The minimum atomic E-state index is -0.212. The first kappa shape index (κ1) is 21.2. The maximum Gasteiger partial charge on any atom is 0.0720 e. The van der Waals surface area contributed by atoms with Gasteiger partial charge in [-0.25, -0.2) is 0 Å². The second-order valence-electron chi connectivity index (χ2n) is 6.15. The van der Waals surface area contributed by atoms with Crippen LogP contribution in [0.3, 0.4) is 0 Å². The van der Waals surface area contributed by atoms with Crippen LogP contribution < -0.4 is 0 Å². The van der Waals surface area contributed by atoms with Crippen LogP contribution in [0, 0.1) is 0 Å². The summed E-state index contributed by atoms with van der Waals surface area (Å²) in [6, 6.07) is 0. The molecule has 0 heterocycles. The second kappa shape index (κ2) is 18.2. The van der Waals surface area contributed by atoms with Crippen LogP contribution in [-0.4, -0.2) is 16.5 Å². The van der Waals surface area contributed by atoms with Crippen molar-refractivity contribution < 1.29 is 5.11 Å². The van der Waals surface area contributed by atoms with E-state index in [9.17, 15) is 5.11 Å². The Kier molecular flexibility index (Phi) is 18.4. The predicted octanol–water partition coefficient (Wildman–Crippen LogP) is 6.78. The molecule has 0 saturated heterocycles. The molecule has 1 N–H and O–H groups in total. The highest BCUT2D eigenvalue weighted by atomic mass is 79.9. The minimum absolute atomic E-state index is 0.212. The number of rotatable bonds is 16. The van der Waals surface area contributed by atoms with Crippen LogP contribution in [0.15, 0.2) is 12.2 Å². The molecule has 0 amide bonds. The molecule has 1 atom stereocenters. The lowest BCUT2D eigenvalue weighted by molar-refractivity contribution is 0.208. The Morgan fingerprint density at radius 1 is 0.810 bits per heavy atom. The molecule has 0 aromatic carbocycles. The number of halogens is 1. The smallest absolute Gasteiger partial charge is 0.0720 e. The average molecular weight is 361 g/mol. The molecule has 0 fully saturated rings. The predicted molar refractivity (Wildman–Crippen MR) is 99.3 cm³/mol. The summed E-state index contributed by atoms with van der Waals surface area (Å²) < 4.78 is 0. The van der Waals surface area contributed by atoms with Crippen LogP contribution in [0.5, 0.6) is 0 Å². The van der Waals surface area contributed by atoms with E-state index in [-0.39, 0.29) is 6.10 Å². The van der Waals surface area contributed by atoms with E-state index in [2.05, 4.69) is 28.9 Å². The van der Waals surface area contributed by atoms with Crippen LogP contribution in [-0.2, 0) is 0 Å². The highest BCUT2D eigenvalue weighted by molar-refractivity contribution is 9.09. The fraction of sp³-hybridized carbons (Fsp3) is 0.895. The maximum atomic E-state index is 9.75. The summed E-state index contributed by atoms with van der Waals surface area (Å²) in [6.45, 7) is 2.20. The van der Waals surface area contributed by atoms with Crippen LogP contribution in [0.2, 0.25) is 0 Å². The monoisotopic (exact) mass is 360 g/mol. The highest BCUT2D eigenvalue weighted by Crippen LogP contribution is 2.11. The van der Waals surface area contributed by atoms with Crippen molar-refractivity contribution in [3.8, 4) is 0 Å². The van der Waals surface area contributed by atoms with Gasteiger partial charge in [-0.05, 0) is 25.7 Å². The molecule has 0 rings (SSSR count). The summed E-state index contributed by atoms with van der Waals surface area (Å²) in [5.41, 5.74) is 0. The van der Waals surface area contributed by atoms with Crippen LogP contribution in [0.4, 0.5) is 0 Å². The Labute approximate surface area is 141 Å². The van der Waals surface area contributed by atoms with E-state index < -0.39 is 0 Å². The third-order valence-electron chi connectivity index (χ3n) is 3.97. The molecule has 0 spiro atoms. The van der Waals surface area contributed by atoms with Gasteiger partial charge in [0, 0.05) is 5.33 Å². The number of aliphatic hydroxyl groups excluding tert-OH is 1. The summed E-state index contributed by atoms with van der Waals surface area (Å²) in [4.78, 5) is 0. The van der Waals surface area contributed by atoms with E-state index >= 15 is 0 Å². The first-order chi connectivity index (χ1) is 10.3. The van der Waals surface area contributed by atoms with Crippen LogP contribution >= 0.6 is 15.9 Å². The van der Waals surface area contributed by atoms with Gasteiger partial charge in [0.25, 0.3) is 0 Å². The summed E-state index contributed by atoms with van der Waals surface area (Å²) in [5, 5.41) is 10.9. The lowest BCUT2D eigenvalue weighted by Gasteiger charge is -2.04. The molecule has 1 nitrogen and oxygen atoms in total. The fourth-order valence-corrected chi connectivity index (χ4v) is 2.94. The van der Waals surface area contributed by atoms with E-state index in [0.717, 1.165) is 24.6 Å². The lowest BCUT2D eigenvalue weighted by atomic mass is 10.1. The first-order valence-corrected chi connectivity index (χ1v) is 10.3. The van der Waals surface area contributed by atoms with Crippen molar-refractivity contribution in [2.24, 2.45) is 0 Å². The summed E-state index contributed by atoms with van der Waals surface area (Å²) in [6.07, 6.45) is 22.0. The normalized spacial score (nSPS) is 13.1. The van der Waals surface area contributed by atoms with Crippen LogP contribution in [0.1, 0.15) is 96.8 Å². The van der Waals surface area contributed by atoms with E-state index in [1.165, 1.54) is 70.6 Å². The van der Waals surface area contributed by atoms with Gasteiger partial charge in [-0.1, -0.05) is 99.2 Å². The fourth-order valence-electron chi connectivity index (χ4n) is 2.55. The maximum absolute atomic E-state index is 9.75. The van der Waals surface area contributed by atoms with E-state index in [1.807, 2.05) is 6.08 Å². The Morgan fingerprint density at radius 2 is 1.38 bits per heavy atom. The van der Waals surface area contributed by atoms with E-state index in [0.29, 0.717) is 0 Å². The number of hydrogen-bond donors (Lipinski definition) is 1. The third-order valence-corrected chi connectivity index (χ3v) is 4.53. The molecular formula is C19H37BrO. The van der Waals surface area contributed by atoms with E-state index in [4.69, 9.17) is 0 Å². The summed E-state index contributed by atoms with van der Waals surface area (Å²) in [7, 11) is 0. The van der Waals surface area contributed by atoms with Gasteiger partial charge < -0.3 is 5.11 Å². The Bertz CT molecular complexity index is 216. The standard InChI is InChI=1S/C19H37BrO/c1-2-3-13-16-19(21)17-14-11-9-7-5-4-6-8-10-12-15-18-20/h14,17,19,21H,2-13,15-16,18H2,1H3/t19-/m1/s1. The van der Waals surface area contributed by atoms with Crippen molar-refractivity contribution in [3.63, 3.8) is 0 Å². The van der Waals surface area contributed by atoms with Crippen molar-refractivity contribution in [2.75, 3.05) is 5.33 Å². The molecule has 0 aromatic heterocycles. The van der Waals surface area contributed by atoms with Crippen molar-refractivity contribution in [1.82, 2.24) is 0 Å². The molecular weight excluding hydrogens is 324 g/mol. The molecule has 0 unspecified atom stereocenters. The van der Waals surface area contributed by atoms with E-state index in [1.54, 1.807) is 0 Å². The highest BCUT2D eigenvalue weighted by Gasteiger charge is 1.97. The molecule has 0 bridgehead atoms. The molecule has 21 heavy (non-hydrogen) atoms. The van der Waals surface area contributed by atoms with Gasteiger partial charge in [0.05, 0.1) is 6.10 Å². The minimum Gasteiger partial charge on any atom is -0.389 e. The van der Waals surface area contributed by atoms with Gasteiger partial charge in [-0.15, -0.1) is 0 Å². The molecule has 126 valence electrons. The molecule has 0 aliphatic rings. The average Bonchev–Trinajstić information content (AvgIpc) is 2.48. The number of aliphatic hydroxyl groups is 1. The Hall–Kier alpha value is 0.180. The molecule has 0 aliphatic heterocycles. The molecule has 0 saturated carbocycles. The number of allylic oxidation sites excluding steroid dienone is 1. The molecule has 2 heteroatoms. The van der Waals surface area contributed by atoms with Gasteiger partial charge >= 0.3 is 0 Å². The van der Waals surface area contributed by atoms with Crippen molar-refractivity contribution in [2.45, 2.75) is 103 Å². The zero-order valence-corrected chi connectivity index (χ0v) is 15.7. The SMILES string of the molecule is CCCCC[C@@H](O)C=CCCCCCCCCCCCBr. The largest absolute Gasteiger partial charge is 0.389 e. The second-order valence-corrected chi connectivity index (χ2v) is 6.94. The van der Waals surface area contributed by atoms with Crippen molar-refractivity contribution in [3.05, 3.63) is 12.2 Å². The zero-order chi connectivity index (χ0) is 15.6. The number of unbranched alkanes of at least 4 members (excludes halogenated alkanes) is 11. The molecule has 0 radical (unpaired) electrons. The van der Waals surface area contributed by atoms with Gasteiger partial charge in [-0.2, -0.15) is 0 Å². The molecule has 0 aromatic rings. The number of alkyl halides is 1. The van der Waals surface area contributed by atoms with Crippen molar-refractivity contribution >= 4 is 15.9 Å². The van der Waals surface area contributed by atoms with Crippen molar-refractivity contribution in [1.29, 1.82) is 0 Å². The van der Waals surface area contributed by atoms with Gasteiger partial charge in [0.15, 0.2) is 0 Å². The topological polar surface area (TPSA) is 20.2 Å². The third kappa shape index (κ3) is 18.1. The van der Waals surface area contributed by atoms with Gasteiger partial charge in [0.1, 0.15) is 0 Å². The zero-order valence-electron chi connectivity index (χ0n) is 14.2.